The fourth-order valence-electron chi connectivity index (χ4n) is 2.92. The second-order valence-electron chi connectivity index (χ2n) is 6.00. The van der Waals surface area contributed by atoms with Crippen LogP contribution in [-0.2, 0) is 10.0 Å². The van der Waals surface area contributed by atoms with Gasteiger partial charge in [0.1, 0.15) is 4.21 Å². The number of nitrogens with zero attached hydrogens (tertiary/aromatic N) is 1. The van der Waals surface area contributed by atoms with Crippen LogP contribution < -0.4 is 10.0 Å². The van der Waals surface area contributed by atoms with Gasteiger partial charge in [-0.15, -0.1) is 11.3 Å². The number of rotatable bonds is 5. The van der Waals surface area contributed by atoms with Gasteiger partial charge in [0.15, 0.2) is 0 Å². The lowest BCUT2D eigenvalue weighted by Gasteiger charge is -2.32. The molecule has 1 aliphatic rings. The van der Waals surface area contributed by atoms with E-state index in [4.69, 9.17) is 0 Å². The Morgan fingerprint density at radius 3 is 2.84 bits per heavy atom. The maximum absolute atomic E-state index is 12.7. The third kappa shape index (κ3) is 4.20. The summed E-state index contributed by atoms with van der Waals surface area (Å²) >= 11 is 1.15. The lowest BCUT2D eigenvalue weighted by molar-refractivity contribution is 0.0698. The monoisotopic (exact) mass is 379 g/mol. The summed E-state index contributed by atoms with van der Waals surface area (Å²) in [6.07, 6.45) is 2.02. The predicted octanol–water partition coefficient (Wildman–Crippen LogP) is 2.37. The van der Waals surface area contributed by atoms with Gasteiger partial charge in [0.05, 0.1) is 0 Å². The van der Waals surface area contributed by atoms with Crippen molar-refractivity contribution in [3.05, 3.63) is 47.3 Å². The van der Waals surface area contributed by atoms with E-state index in [1.807, 2.05) is 11.9 Å². The molecule has 1 aliphatic heterocycles. The highest BCUT2D eigenvalue weighted by atomic mass is 32.2. The van der Waals surface area contributed by atoms with Crippen LogP contribution in [0.25, 0.3) is 0 Å². The minimum absolute atomic E-state index is 0.0721. The van der Waals surface area contributed by atoms with E-state index in [1.165, 1.54) is 0 Å². The summed E-state index contributed by atoms with van der Waals surface area (Å²) in [5.41, 5.74) is 0.879. The maximum Gasteiger partial charge on any atom is 0.271 e. The van der Waals surface area contributed by atoms with E-state index in [0.29, 0.717) is 23.8 Å². The number of benzene rings is 1. The van der Waals surface area contributed by atoms with Crippen LogP contribution >= 0.6 is 11.3 Å². The zero-order valence-electron chi connectivity index (χ0n) is 13.9. The number of hydrogen-bond acceptors (Lipinski definition) is 5. The van der Waals surface area contributed by atoms with E-state index in [1.54, 1.807) is 41.8 Å². The van der Waals surface area contributed by atoms with Crippen molar-refractivity contribution in [2.75, 3.05) is 24.9 Å². The molecule has 1 atom stereocenters. The summed E-state index contributed by atoms with van der Waals surface area (Å²) < 4.78 is 27.4. The Balaban J connectivity index is 1.76. The third-order valence-electron chi connectivity index (χ3n) is 4.24. The van der Waals surface area contributed by atoms with Gasteiger partial charge in [-0.1, -0.05) is 12.1 Å². The van der Waals surface area contributed by atoms with Gasteiger partial charge in [-0.25, -0.2) is 8.42 Å². The number of thiophene rings is 1. The van der Waals surface area contributed by atoms with Gasteiger partial charge in [-0.2, -0.15) is 0 Å². The molecule has 8 heteroatoms. The fourth-order valence-corrected chi connectivity index (χ4v) is 4.96. The molecule has 1 fully saturated rings. The van der Waals surface area contributed by atoms with Crippen molar-refractivity contribution in [2.24, 2.45) is 0 Å². The molecule has 6 nitrogen and oxygen atoms in total. The molecule has 0 saturated carbocycles. The first-order chi connectivity index (χ1) is 12.0. The van der Waals surface area contributed by atoms with Gasteiger partial charge in [0.2, 0.25) is 0 Å². The normalized spacial score (nSPS) is 18.1. The molecule has 2 N–H and O–H groups in total. The van der Waals surface area contributed by atoms with Crippen molar-refractivity contribution in [1.29, 1.82) is 0 Å². The van der Waals surface area contributed by atoms with Crippen molar-refractivity contribution in [3.8, 4) is 0 Å². The molecule has 134 valence electrons. The number of amides is 1. The highest BCUT2D eigenvalue weighted by Crippen LogP contribution is 2.22. The van der Waals surface area contributed by atoms with E-state index in [-0.39, 0.29) is 10.1 Å². The second-order valence-corrected chi connectivity index (χ2v) is 8.85. The number of nitrogens with one attached hydrogen (secondary N) is 2. The quantitative estimate of drug-likeness (QED) is 0.836. The summed E-state index contributed by atoms with van der Waals surface area (Å²) in [5.74, 6) is -0.0721. The fraction of sp³-hybridized carbons (Fsp3) is 0.353. The van der Waals surface area contributed by atoms with E-state index >= 15 is 0 Å². The van der Waals surface area contributed by atoms with Crippen molar-refractivity contribution in [2.45, 2.75) is 23.1 Å². The van der Waals surface area contributed by atoms with Crippen LogP contribution in [0.3, 0.4) is 0 Å². The van der Waals surface area contributed by atoms with Crippen LogP contribution in [0.15, 0.2) is 46.0 Å². The topological polar surface area (TPSA) is 78.5 Å². The van der Waals surface area contributed by atoms with Gasteiger partial charge < -0.3 is 10.2 Å². The smallest absolute Gasteiger partial charge is 0.271 e. The molecule has 1 unspecified atom stereocenters. The Labute approximate surface area is 151 Å². The Bertz CT molecular complexity index is 835. The molecule has 3 rings (SSSR count). The van der Waals surface area contributed by atoms with Crippen LogP contribution in [0, 0.1) is 0 Å². The third-order valence-corrected chi connectivity index (χ3v) is 7.02. The Morgan fingerprint density at radius 2 is 2.12 bits per heavy atom. The zero-order valence-corrected chi connectivity index (χ0v) is 15.6. The van der Waals surface area contributed by atoms with Crippen molar-refractivity contribution in [3.63, 3.8) is 0 Å². The average molecular weight is 380 g/mol. The molecule has 2 heterocycles. The molecule has 1 aromatic carbocycles. The first-order valence-corrected chi connectivity index (χ1v) is 10.5. The molecule has 2 aromatic rings. The highest BCUT2D eigenvalue weighted by Gasteiger charge is 2.24. The minimum Gasteiger partial charge on any atom is -0.337 e. The van der Waals surface area contributed by atoms with Gasteiger partial charge in [-0.05, 0) is 49.5 Å². The SMILES string of the molecule is CNC1CCCN(C(=O)c2cccc(NS(=O)(=O)c3cccs3)c2)C1. The standard InChI is InChI=1S/C17H21N3O3S2/c1-18-15-7-3-9-20(12-15)17(21)13-5-2-6-14(11-13)19-25(22,23)16-8-4-10-24-16/h2,4-6,8,10-11,15,18-19H,3,7,9,12H2,1H3. The van der Waals surface area contributed by atoms with Gasteiger partial charge in [0.25, 0.3) is 15.9 Å². The largest absolute Gasteiger partial charge is 0.337 e. The lowest BCUT2D eigenvalue weighted by Crippen LogP contribution is -2.46. The van der Waals surface area contributed by atoms with Gasteiger partial charge >= 0.3 is 0 Å². The summed E-state index contributed by atoms with van der Waals surface area (Å²) in [6.45, 7) is 1.39. The first kappa shape index (κ1) is 17.9. The van der Waals surface area contributed by atoms with Crippen LogP contribution in [0.4, 0.5) is 5.69 Å². The van der Waals surface area contributed by atoms with Gasteiger partial charge in [0, 0.05) is 30.4 Å². The van der Waals surface area contributed by atoms with E-state index in [2.05, 4.69) is 10.0 Å². The highest BCUT2D eigenvalue weighted by molar-refractivity contribution is 7.94. The Hall–Kier alpha value is -1.90. The number of piperidine rings is 1. The Kier molecular flexibility index (Phi) is 5.41. The minimum atomic E-state index is -3.62. The van der Waals surface area contributed by atoms with E-state index in [0.717, 1.165) is 30.7 Å². The number of sulfonamides is 1. The molecule has 0 spiro atoms. The van der Waals surface area contributed by atoms with E-state index < -0.39 is 10.0 Å². The number of likely N-dealkylation sites (tertiary alicyclic amines) is 1. The average Bonchev–Trinajstić information content (AvgIpc) is 3.17. The predicted molar refractivity (Wildman–Crippen MR) is 99.6 cm³/mol. The maximum atomic E-state index is 12.7. The van der Waals surface area contributed by atoms with Crippen LogP contribution in [0.2, 0.25) is 0 Å². The van der Waals surface area contributed by atoms with Crippen molar-refractivity contribution < 1.29 is 13.2 Å². The summed E-state index contributed by atoms with van der Waals surface area (Å²) in [5, 5.41) is 4.93. The molecule has 0 aliphatic carbocycles. The molecule has 1 saturated heterocycles. The number of carbonyl (C=O) groups excluding carboxylic acids is 1. The summed E-state index contributed by atoms with van der Waals surface area (Å²) in [6, 6.07) is 10.2. The number of carbonyl (C=O) groups is 1. The summed E-state index contributed by atoms with van der Waals surface area (Å²) in [4.78, 5) is 14.5. The molecular formula is C17H21N3O3S2. The summed E-state index contributed by atoms with van der Waals surface area (Å²) in [7, 11) is -1.72. The van der Waals surface area contributed by atoms with E-state index in [9.17, 15) is 13.2 Å². The molecular weight excluding hydrogens is 358 g/mol. The molecule has 1 aromatic heterocycles. The van der Waals surface area contributed by atoms with Crippen LogP contribution in [-0.4, -0.2) is 45.4 Å². The van der Waals surface area contributed by atoms with Crippen molar-refractivity contribution >= 4 is 33.0 Å². The molecule has 25 heavy (non-hydrogen) atoms. The Morgan fingerprint density at radius 1 is 1.28 bits per heavy atom. The number of hydrogen-bond donors (Lipinski definition) is 2. The van der Waals surface area contributed by atoms with Crippen molar-refractivity contribution in [1.82, 2.24) is 10.2 Å². The van der Waals surface area contributed by atoms with Gasteiger partial charge in [-0.3, -0.25) is 9.52 Å². The molecule has 0 radical (unpaired) electrons. The lowest BCUT2D eigenvalue weighted by atomic mass is 10.0. The number of likely N-dealkylation sites (N-methyl/N-ethyl adjacent to an activating group) is 1. The second kappa shape index (κ2) is 7.55. The van der Waals surface area contributed by atoms with Crippen LogP contribution in [0.5, 0.6) is 0 Å². The number of anilines is 1. The molecule has 0 bridgehead atoms. The molecule has 1 amide bonds. The zero-order chi connectivity index (χ0) is 17.9. The van der Waals surface area contributed by atoms with Crippen LogP contribution in [0.1, 0.15) is 23.2 Å². The first-order valence-electron chi connectivity index (χ1n) is 8.12.